The van der Waals surface area contributed by atoms with Gasteiger partial charge >= 0.3 is 0 Å². The van der Waals surface area contributed by atoms with E-state index in [4.69, 9.17) is 21.1 Å². The van der Waals surface area contributed by atoms with E-state index in [0.717, 1.165) is 35.2 Å². The molecule has 1 saturated heterocycles. The first-order valence-corrected chi connectivity index (χ1v) is 12.3. The number of aromatic nitrogens is 4. The van der Waals surface area contributed by atoms with Gasteiger partial charge in [0.05, 0.1) is 35.0 Å². The van der Waals surface area contributed by atoms with E-state index < -0.39 is 5.82 Å². The van der Waals surface area contributed by atoms with Crippen molar-refractivity contribution in [3.63, 3.8) is 0 Å². The lowest BCUT2D eigenvalue weighted by Crippen LogP contribution is -2.54. The molecule has 36 heavy (non-hydrogen) atoms. The lowest BCUT2D eigenvalue weighted by Gasteiger charge is -2.37. The maximum absolute atomic E-state index is 14.7. The molecule has 3 aromatic heterocycles. The normalized spacial score (nSPS) is 18.4. The van der Waals surface area contributed by atoms with Crippen molar-refractivity contribution in [1.29, 1.82) is 0 Å². The van der Waals surface area contributed by atoms with Crippen LogP contribution in [0.2, 0.25) is 5.02 Å². The molecule has 0 amide bonds. The third-order valence-corrected chi connectivity index (χ3v) is 6.86. The molecule has 0 spiro atoms. The third kappa shape index (κ3) is 4.18. The number of anilines is 3. The topological polar surface area (TPSA) is 76.1 Å². The van der Waals surface area contributed by atoms with Crippen LogP contribution in [-0.4, -0.2) is 44.7 Å². The van der Waals surface area contributed by atoms with Gasteiger partial charge in [-0.05, 0) is 44.2 Å². The summed E-state index contributed by atoms with van der Waals surface area (Å²) >= 11 is 6.91. The molecular formula is C26H27ClFN7O. The molecule has 0 bridgehead atoms. The van der Waals surface area contributed by atoms with E-state index in [1.807, 2.05) is 22.9 Å². The van der Waals surface area contributed by atoms with E-state index in [0.29, 0.717) is 46.1 Å². The van der Waals surface area contributed by atoms with E-state index in [9.17, 15) is 4.39 Å². The van der Waals surface area contributed by atoms with Gasteiger partial charge in [0.25, 0.3) is 0 Å². The first-order chi connectivity index (χ1) is 17.3. The van der Waals surface area contributed by atoms with Gasteiger partial charge in [0.1, 0.15) is 5.52 Å². The number of halogens is 2. The van der Waals surface area contributed by atoms with Crippen LogP contribution in [0.15, 0.2) is 53.5 Å². The Morgan fingerprint density at radius 2 is 1.97 bits per heavy atom. The highest BCUT2D eigenvalue weighted by atomic mass is 35.5. The summed E-state index contributed by atoms with van der Waals surface area (Å²) in [6, 6.07) is 10.1. The van der Waals surface area contributed by atoms with Crippen LogP contribution in [0, 0.1) is 5.82 Å². The molecule has 10 heteroatoms. The molecule has 2 atom stereocenters. The number of nitrogens with one attached hydrogen (secondary N) is 2. The zero-order valence-corrected chi connectivity index (χ0v) is 21.1. The average molecular weight is 508 g/mol. The summed E-state index contributed by atoms with van der Waals surface area (Å²) in [5.41, 5.74) is 3.84. The van der Waals surface area contributed by atoms with Crippen molar-refractivity contribution >= 4 is 50.6 Å². The molecule has 0 saturated carbocycles. The first-order valence-electron chi connectivity index (χ1n) is 12.0. The van der Waals surface area contributed by atoms with Crippen LogP contribution in [-0.2, 0) is 13.6 Å². The second-order valence-corrected chi connectivity index (χ2v) is 10.1. The van der Waals surface area contributed by atoms with Crippen LogP contribution < -0.4 is 15.5 Å². The Hall–Kier alpha value is -3.56. The molecule has 0 aliphatic carbocycles. The van der Waals surface area contributed by atoms with E-state index in [-0.39, 0.29) is 0 Å². The second kappa shape index (κ2) is 8.83. The molecule has 1 fully saturated rings. The number of furan rings is 1. The molecule has 186 valence electrons. The molecule has 4 heterocycles. The SMILES string of the molecule is C[C@@H]1CN(c2cc(Cl)c3c(Nc4cc(F)c5nn(C)cc5c4)nn(Cc4ccoc4)c3c2)C[C@H](C)N1. The van der Waals surface area contributed by atoms with Gasteiger partial charge in [-0.1, -0.05) is 11.6 Å². The van der Waals surface area contributed by atoms with Crippen LogP contribution in [0.25, 0.3) is 21.8 Å². The lowest BCUT2D eigenvalue weighted by atomic mass is 10.1. The zero-order valence-electron chi connectivity index (χ0n) is 20.3. The molecule has 0 unspecified atom stereocenters. The number of nitrogens with zero attached hydrogens (tertiary/aromatic N) is 5. The fourth-order valence-corrected chi connectivity index (χ4v) is 5.44. The predicted molar refractivity (Wildman–Crippen MR) is 141 cm³/mol. The minimum absolute atomic E-state index is 0.334. The van der Waals surface area contributed by atoms with E-state index in [2.05, 4.69) is 40.5 Å². The molecule has 6 rings (SSSR count). The Labute approximate surface area is 212 Å². The van der Waals surface area contributed by atoms with Gasteiger partial charge in [0, 0.05) is 60.7 Å². The number of benzene rings is 2. The molecule has 0 radical (unpaired) electrons. The lowest BCUT2D eigenvalue weighted by molar-refractivity contribution is 0.407. The van der Waals surface area contributed by atoms with Crippen LogP contribution >= 0.6 is 11.6 Å². The Kier molecular flexibility index (Phi) is 5.61. The first kappa shape index (κ1) is 22.9. The van der Waals surface area contributed by atoms with E-state index in [1.54, 1.807) is 30.5 Å². The summed E-state index contributed by atoms with van der Waals surface area (Å²) < 4.78 is 23.5. The summed E-state index contributed by atoms with van der Waals surface area (Å²) in [6.07, 6.45) is 5.14. The summed E-state index contributed by atoms with van der Waals surface area (Å²) in [5, 5.41) is 18.0. The number of piperazine rings is 1. The maximum atomic E-state index is 14.7. The summed E-state index contributed by atoms with van der Waals surface area (Å²) in [7, 11) is 1.77. The van der Waals surface area contributed by atoms with Crippen molar-refractivity contribution in [3.05, 3.63) is 65.5 Å². The van der Waals surface area contributed by atoms with Crippen LogP contribution in [0.5, 0.6) is 0 Å². The summed E-state index contributed by atoms with van der Waals surface area (Å²) in [4.78, 5) is 2.35. The second-order valence-electron chi connectivity index (χ2n) is 9.66. The highest BCUT2D eigenvalue weighted by Crippen LogP contribution is 2.37. The maximum Gasteiger partial charge on any atom is 0.161 e. The largest absolute Gasteiger partial charge is 0.472 e. The van der Waals surface area contributed by atoms with Gasteiger partial charge in [-0.25, -0.2) is 4.39 Å². The minimum atomic E-state index is -0.395. The third-order valence-electron chi connectivity index (χ3n) is 6.56. The molecule has 5 aromatic rings. The molecule has 2 N–H and O–H groups in total. The molecule has 1 aliphatic heterocycles. The van der Waals surface area contributed by atoms with Crippen LogP contribution in [0.1, 0.15) is 19.4 Å². The minimum Gasteiger partial charge on any atom is -0.472 e. The smallest absolute Gasteiger partial charge is 0.161 e. The van der Waals surface area contributed by atoms with Crippen molar-refractivity contribution in [3.8, 4) is 0 Å². The Bertz CT molecular complexity index is 1550. The van der Waals surface area contributed by atoms with Gasteiger partial charge in [0.2, 0.25) is 0 Å². The molecular weight excluding hydrogens is 481 g/mol. The highest BCUT2D eigenvalue weighted by molar-refractivity contribution is 6.37. The quantitative estimate of drug-likeness (QED) is 0.337. The monoisotopic (exact) mass is 507 g/mol. The number of fused-ring (bicyclic) bond motifs is 2. The summed E-state index contributed by atoms with van der Waals surface area (Å²) in [6.45, 7) is 6.66. The molecule has 2 aromatic carbocycles. The Morgan fingerprint density at radius 3 is 2.72 bits per heavy atom. The zero-order chi connectivity index (χ0) is 25.0. The van der Waals surface area contributed by atoms with Crippen molar-refractivity contribution < 1.29 is 8.81 Å². The number of hydrogen-bond donors (Lipinski definition) is 2. The van der Waals surface area contributed by atoms with Crippen molar-refractivity contribution in [2.75, 3.05) is 23.3 Å². The van der Waals surface area contributed by atoms with Gasteiger partial charge in [0.15, 0.2) is 11.6 Å². The highest BCUT2D eigenvalue weighted by Gasteiger charge is 2.24. The van der Waals surface area contributed by atoms with Gasteiger partial charge in [-0.3, -0.25) is 9.36 Å². The number of hydrogen-bond acceptors (Lipinski definition) is 6. The fraction of sp³-hybridized carbons (Fsp3) is 0.308. The summed E-state index contributed by atoms with van der Waals surface area (Å²) in [5.74, 6) is 0.169. The van der Waals surface area contributed by atoms with Crippen molar-refractivity contribution in [2.24, 2.45) is 7.05 Å². The van der Waals surface area contributed by atoms with Crippen LogP contribution in [0.3, 0.4) is 0 Å². The van der Waals surface area contributed by atoms with Gasteiger partial charge in [-0.2, -0.15) is 10.2 Å². The average Bonchev–Trinajstić information content (AvgIpc) is 3.53. The van der Waals surface area contributed by atoms with Crippen LogP contribution in [0.4, 0.5) is 21.6 Å². The predicted octanol–water partition coefficient (Wildman–Crippen LogP) is 5.29. The Morgan fingerprint density at radius 1 is 1.17 bits per heavy atom. The molecule has 1 aliphatic rings. The fourth-order valence-electron chi connectivity index (χ4n) is 5.15. The van der Waals surface area contributed by atoms with E-state index >= 15 is 0 Å². The number of rotatable bonds is 5. The molecule has 8 nitrogen and oxygen atoms in total. The van der Waals surface area contributed by atoms with Gasteiger partial charge in [-0.15, -0.1) is 0 Å². The van der Waals surface area contributed by atoms with Crippen molar-refractivity contribution in [1.82, 2.24) is 24.9 Å². The standard InChI is InChI=1S/C26H27ClFN7O/c1-15-10-34(11-16(2)29-15)20-8-21(27)24-23(9-20)35(12-17-4-5-36-14-17)32-26(24)30-19-6-18-13-33(3)31-25(18)22(28)7-19/h4-9,13-16,29H,10-12H2,1-3H3,(H,30,32)/t15-,16+. The number of aryl methyl sites for hydroxylation is 1. The Balaban J connectivity index is 1.45. The van der Waals surface area contributed by atoms with E-state index in [1.165, 1.54) is 6.07 Å². The van der Waals surface area contributed by atoms with Crippen molar-refractivity contribution in [2.45, 2.75) is 32.5 Å². The van der Waals surface area contributed by atoms with Gasteiger partial charge < -0.3 is 20.0 Å².